The van der Waals surface area contributed by atoms with E-state index in [-0.39, 0.29) is 12.0 Å². The van der Waals surface area contributed by atoms with E-state index in [1.165, 1.54) is 36.2 Å². The predicted molar refractivity (Wildman–Crippen MR) is 120 cm³/mol. The molecule has 1 saturated heterocycles. The van der Waals surface area contributed by atoms with E-state index in [0.29, 0.717) is 10.8 Å². The average molecular weight is 462 g/mol. The number of hydrogen-bond donors (Lipinski definition) is 1. The molecule has 9 heteroatoms. The number of carbonyl (C=O) groups excluding carboxylic acids is 2. The molecule has 0 bridgehead atoms. The molecule has 1 aliphatic carbocycles. The Balaban J connectivity index is 1.86. The summed E-state index contributed by atoms with van der Waals surface area (Å²) in [6, 6.07) is 0. The number of ether oxygens (including phenoxy) is 2. The number of epoxide rings is 1. The first kappa shape index (κ1) is 25.5. The van der Waals surface area contributed by atoms with Crippen LogP contribution >= 0.6 is 23.5 Å². The van der Waals surface area contributed by atoms with Crippen molar-refractivity contribution in [1.82, 2.24) is 5.06 Å². The Hall–Kier alpha value is -0.740. The Kier molecular flexibility index (Phi) is 9.55. The number of thioether (sulfide) groups is 2. The number of allylic oxidation sites excluding steroid dienone is 1. The van der Waals surface area contributed by atoms with Crippen LogP contribution in [0, 0.1) is 0 Å². The molecule has 30 heavy (non-hydrogen) atoms. The Labute approximate surface area is 188 Å². The third kappa shape index (κ3) is 6.63. The number of aliphatic hydroxyl groups is 1. The lowest BCUT2D eigenvalue weighted by Gasteiger charge is -2.31. The highest BCUT2D eigenvalue weighted by Crippen LogP contribution is 2.46. The van der Waals surface area contributed by atoms with Crippen molar-refractivity contribution in [1.29, 1.82) is 0 Å². The standard InChI is InChI=1S/C21H35NO6S2/c1-15(2)9-10-16-20(3,28-16)17(29-5)18(23)22(26-4)19(24)27-14-30-13-21(25)11-7-6-8-12-21/h9,16-17,25H,6-8,10-14H2,1-5H3. The van der Waals surface area contributed by atoms with Gasteiger partial charge in [0.2, 0.25) is 0 Å². The van der Waals surface area contributed by atoms with Crippen molar-refractivity contribution in [2.45, 2.75) is 81.9 Å². The summed E-state index contributed by atoms with van der Waals surface area (Å²) in [5.74, 6) is 0.0648. The van der Waals surface area contributed by atoms with Gasteiger partial charge in [-0.25, -0.2) is 4.79 Å². The normalized spacial score (nSPS) is 25.9. The second-order valence-corrected chi connectivity index (χ2v) is 10.3. The molecule has 3 unspecified atom stereocenters. The Bertz CT molecular complexity index is 633. The largest absolute Gasteiger partial charge is 0.442 e. The van der Waals surface area contributed by atoms with E-state index in [0.717, 1.165) is 38.5 Å². The van der Waals surface area contributed by atoms with Crippen molar-refractivity contribution in [3.05, 3.63) is 11.6 Å². The summed E-state index contributed by atoms with van der Waals surface area (Å²) in [6.45, 7) is 5.92. The van der Waals surface area contributed by atoms with Gasteiger partial charge < -0.3 is 14.6 Å². The van der Waals surface area contributed by atoms with Gasteiger partial charge in [0.15, 0.2) is 0 Å². The second kappa shape index (κ2) is 11.2. The van der Waals surface area contributed by atoms with Crippen molar-refractivity contribution in [2.75, 3.05) is 25.1 Å². The maximum Gasteiger partial charge on any atom is 0.442 e. The van der Waals surface area contributed by atoms with Crippen LogP contribution in [-0.4, -0.2) is 69.8 Å². The van der Waals surface area contributed by atoms with Crippen molar-refractivity contribution in [3.63, 3.8) is 0 Å². The maximum atomic E-state index is 13.0. The number of hydrogen-bond acceptors (Lipinski definition) is 8. The molecule has 7 nitrogen and oxygen atoms in total. The quantitative estimate of drug-likeness (QED) is 0.171. The summed E-state index contributed by atoms with van der Waals surface area (Å²) in [4.78, 5) is 30.5. The number of imide groups is 1. The number of carbonyl (C=O) groups is 2. The molecule has 2 aliphatic rings. The molecule has 3 atom stereocenters. The van der Waals surface area contributed by atoms with Gasteiger partial charge in [-0.05, 0) is 46.3 Å². The summed E-state index contributed by atoms with van der Waals surface area (Å²) in [5, 5.41) is 10.6. The van der Waals surface area contributed by atoms with Gasteiger partial charge >= 0.3 is 6.09 Å². The third-order valence-electron chi connectivity index (χ3n) is 5.67. The molecule has 1 aliphatic heterocycles. The zero-order chi connectivity index (χ0) is 22.4. The van der Waals surface area contributed by atoms with Crippen LogP contribution in [0.25, 0.3) is 0 Å². The molecule has 2 rings (SSSR count). The van der Waals surface area contributed by atoms with Crippen LogP contribution in [-0.2, 0) is 19.1 Å². The van der Waals surface area contributed by atoms with E-state index in [1.807, 2.05) is 27.0 Å². The van der Waals surface area contributed by atoms with E-state index in [2.05, 4.69) is 6.08 Å². The smallest absolute Gasteiger partial charge is 0.437 e. The average Bonchev–Trinajstić information content (AvgIpc) is 3.36. The molecule has 1 N–H and O–H groups in total. The first-order valence-corrected chi connectivity index (χ1v) is 12.8. The minimum Gasteiger partial charge on any atom is -0.437 e. The van der Waals surface area contributed by atoms with Gasteiger partial charge in [0.1, 0.15) is 16.8 Å². The first-order chi connectivity index (χ1) is 14.2. The predicted octanol–water partition coefficient (Wildman–Crippen LogP) is 4.14. The van der Waals surface area contributed by atoms with Gasteiger partial charge in [-0.15, -0.1) is 28.6 Å². The first-order valence-electron chi connectivity index (χ1n) is 10.4. The van der Waals surface area contributed by atoms with E-state index in [1.54, 1.807) is 0 Å². The van der Waals surface area contributed by atoms with E-state index < -0.39 is 28.5 Å². The fraction of sp³-hybridized carbons (Fsp3) is 0.810. The highest BCUT2D eigenvalue weighted by molar-refractivity contribution is 8.00. The van der Waals surface area contributed by atoms with Gasteiger partial charge in [-0.3, -0.25) is 9.63 Å². The Morgan fingerprint density at radius 3 is 2.53 bits per heavy atom. The topological polar surface area (TPSA) is 88.6 Å². The molecule has 1 saturated carbocycles. The fourth-order valence-corrected chi connectivity index (χ4v) is 5.71. The summed E-state index contributed by atoms with van der Waals surface area (Å²) in [5.41, 5.74) is -0.149. The molecule has 0 aromatic heterocycles. The lowest BCUT2D eigenvalue weighted by molar-refractivity contribution is -0.165. The number of amides is 2. The number of hydroxylamine groups is 2. The van der Waals surface area contributed by atoms with E-state index >= 15 is 0 Å². The SMILES string of the molecule is CON(C(=O)OCSCC1(O)CCCCC1)C(=O)C(SC)C1(C)OC1CC=C(C)C. The minimum absolute atomic E-state index is 0.0508. The molecular weight excluding hydrogens is 426 g/mol. The van der Waals surface area contributed by atoms with Gasteiger partial charge in [0.05, 0.1) is 18.8 Å². The monoisotopic (exact) mass is 461 g/mol. The molecular formula is C21H35NO6S2. The van der Waals surface area contributed by atoms with Crippen molar-refractivity contribution in [3.8, 4) is 0 Å². The molecule has 0 aromatic carbocycles. The molecule has 0 spiro atoms. The van der Waals surface area contributed by atoms with Crippen LogP contribution in [0.4, 0.5) is 4.79 Å². The lowest BCUT2D eigenvalue weighted by Crippen LogP contribution is -2.47. The van der Waals surface area contributed by atoms with Crippen LogP contribution in [0.1, 0.15) is 59.3 Å². The van der Waals surface area contributed by atoms with Gasteiger partial charge in [-0.2, -0.15) is 0 Å². The van der Waals surface area contributed by atoms with Crippen molar-refractivity contribution in [2.24, 2.45) is 0 Å². The highest BCUT2D eigenvalue weighted by Gasteiger charge is 2.60. The fourth-order valence-electron chi connectivity index (χ4n) is 3.81. The Morgan fingerprint density at radius 1 is 1.30 bits per heavy atom. The minimum atomic E-state index is -0.852. The van der Waals surface area contributed by atoms with Gasteiger partial charge in [0, 0.05) is 5.75 Å². The summed E-state index contributed by atoms with van der Waals surface area (Å²) in [7, 11) is 1.27. The highest BCUT2D eigenvalue weighted by atomic mass is 32.2. The van der Waals surface area contributed by atoms with E-state index in [4.69, 9.17) is 14.3 Å². The number of rotatable bonds is 10. The lowest BCUT2D eigenvalue weighted by atomic mass is 9.86. The maximum absolute atomic E-state index is 13.0. The number of nitrogens with zero attached hydrogens (tertiary/aromatic N) is 1. The zero-order valence-corrected chi connectivity index (χ0v) is 20.3. The second-order valence-electron chi connectivity index (χ2n) is 8.40. The molecule has 2 amide bonds. The molecule has 0 radical (unpaired) electrons. The van der Waals surface area contributed by atoms with Crippen LogP contribution in [0.2, 0.25) is 0 Å². The molecule has 2 fully saturated rings. The van der Waals surface area contributed by atoms with Gasteiger partial charge in [-0.1, -0.05) is 30.9 Å². The van der Waals surface area contributed by atoms with Crippen LogP contribution in [0.3, 0.4) is 0 Å². The molecule has 0 aromatic rings. The molecule has 1 heterocycles. The summed E-state index contributed by atoms with van der Waals surface area (Å²) in [6.07, 6.45) is 8.44. The molecule has 172 valence electrons. The van der Waals surface area contributed by atoms with Crippen LogP contribution in [0.15, 0.2) is 11.6 Å². The van der Waals surface area contributed by atoms with E-state index in [9.17, 15) is 14.7 Å². The van der Waals surface area contributed by atoms with Crippen molar-refractivity contribution >= 4 is 35.5 Å². The van der Waals surface area contributed by atoms with Crippen LogP contribution < -0.4 is 0 Å². The summed E-state index contributed by atoms with van der Waals surface area (Å²) < 4.78 is 11.0. The Morgan fingerprint density at radius 2 is 1.97 bits per heavy atom. The summed E-state index contributed by atoms with van der Waals surface area (Å²) >= 11 is 2.68. The third-order valence-corrected chi connectivity index (χ3v) is 7.84. The zero-order valence-electron chi connectivity index (χ0n) is 18.6. The van der Waals surface area contributed by atoms with Gasteiger partial charge in [0.25, 0.3) is 5.91 Å². The van der Waals surface area contributed by atoms with Crippen LogP contribution in [0.5, 0.6) is 0 Å². The van der Waals surface area contributed by atoms with Crippen molar-refractivity contribution < 1.29 is 29.0 Å².